The number of esters is 1. The van der Waals surface area contributed by atoms with Crippen molar-refractivity contribution in [1.29, 1.82) is 0 Å². The third-order valence-corrected chi connectivity index (χ3v) is 6.78. The van der Waals surface area contributed by atoms with Gasteiger partial charge in [-0.2, -0.15) is 0 Å². The maximum Gasteiger partial charge on any atom is 0.509 e. The fraction of sp³-hybridized carbons (Fsp3) is 0.905. The first kappa shape index (κ1) is 20.9. The molecule has 164 valence electrons. The molecule has 29 heavy (non-hydrogen) atoms. The Bertz CT molecular complexity index is 649. The summed E-state index contributed by atoms with van der Waals surface area (Å²) >= 11 is 0. The molecular formula is C21H32O8. The van der Waals surface area contributed by atoms with Crippen LogP contribution in [-0.2, 0) is 33.2 Å². The van der Waals surface area contributed by atoms with Crippen LogP contribution in [0.4, 0.5) is 4.79 Å². The van der Waals surface area contributed by atoms with E-state index in [-0.39, 0.29) is 49.2 Å². The number of cyclic esters (lactones) is 1. The van der Waals surface area contributed by atoms with Gasteiger partial charge in [-0.1, -0.05) is 0 Å². The van der Waals surface area contributed by atoms with E-state index in [0.717, 1.165) is 25.7 Å². The molecule has 0 aromatic rings. The summed E-state index contributed by atoms with van der Waals surface area (Å²) in [5.41, 5.74) is -1.27. The lowest BCUT2D eigenvalue weighted by Crippen LogP contribution is -2.52. The van der Waals surface area contributed by atoms with Crippen LogP contribution in [0.3, 0.4) is 0 Å². The molecular weight excluding hydrogens is 380 g/mol. The van der Waals surface area contributed by atoms with Gasteiger partial charge in [0.2, 0.25) is 0 Å². The lowest BCUT2D eigenvalue weighted by molar-refractivity contribution is -0.191. The number of carbonyl (C=O) groups excluding carboxylic acids is 2. The van der Waals surface area contributed by atoms with E-state index in [1.54, 1.807) is 0 Å². The number of ether oxygens (including phenoxy) is 6. The third kappa shape index (κ3) is 4.25. The second-order valence-corrected chi connectivity index (χ2v) is 9.40. The molecule has 0 aliphatic carbocycles. The number of hydrogen-bond donors (Lipinski definition) is 0. The number of carbonyl (C=O) groups is 2. The molecule has 4 aliphatic rings. The van der Waals surface area contributed by atoms with E-state index in [1.165, 1.54) is 6.92 Å². The largest absolute Gasteiger partial charge is 0.509 e. The van der Waals surface area contributed by atoms with Gasteiger partial charge in [0, 0.05) is 6.92 Å². The van der Waals surface area contributed by atoms with Gasteiger partial charge in [-0.15, -0.1) is 0 Å². The number of hydrogen-bond acceptors (Lipinski definition) is 8. The monoisotopic (exact) mass is 412 g/mol. The van der Waals surface area contributed by atoms with Crippen molar-refractivity contribution in [1.82, 2.24) is 0 Å². The van der Waals surface area contributed by atoms with Gasteiger partial charge in [0.25, 0.3) is 0 Å². The Labute approximate surface area is 171 Å². The van der Waals surface area contributed by atoms with Crippen molar-refractivity contribution in [3.05, 3.63) is 0 Å². The maximum atomic E-state index is 11.6. The second kappa shape index (κ2) is 7.71. The first-order valence-corrected chi connectivity index (χ1v) is 10.7. The van der Waals surface area contributed by atoms with Crippen LogP contribution in [0.25, 0.3) is 0 Å². The van der Waals surface area contributed by atoms with Gasteiger partial charge in [-0.3, -0.25) is 4.79 Å². The summed E-state index contributed by atoms with van der Waals surface area (Å²) in [7, 11) is 0. The molecule has 0 amide bonds. The molecule has 0 radical (unpaired) electrons. The summed E-state index contributed by atoms with van der Waals surface area (Å²) in [4.78, 5) is 23.1. The molecule has 4 fully saturated rings. The van der Waals surface area contributed by atoms with E-state index in [0.29, 0.717) is 12.8 Å². The molecule has 0 aromatic heterocycles. The Morgan fingerprint density at radius 2 is 1.62 bits per heavy atom. The average molecular weight is 412 g/mol. The van der Waals surface area contributed by atoms with Crippen molar-refractivity contribution < 1.29 is 38.0 Å². The van der Waals surface area contributed by atoms with Crippen molar-refractivity contribution in [3.8, 4) is 0 Å². The van der Waals surface area contributed by atoms with Crippen molar-refractivity contribution in [3.63, 3.8) is 0 Å². The van der Waals surface area contributed by atoms with E-state index in [2.05, 4.69) is 0 Å². The van der Waals surface area contributed by atoms with Gasteiger partial charge >= 0.3 is 12.1 Å². The third-order valence-electron chi connectivity index (χ3n) is 6.78. The SMILES string of the molecule is CC(=O)O[C@@H]1CC[C@@H]2O[C@@H]3CC[C@]4(C)OC(=O)OC[C@H]4O[C@H]3CC[C@H]2OC1(C)C. The average Bonchev–Trinajstić information content (AvgIpc) is 2.91. The minimum atomic E-state index is -0.688. The molecule has 4 aliphatic heterocycles. The topological polar surface area (TPSA) is 89.5 Å². The first-order chi connectivity index (χ1) is 13.7. The van der Waals surface area contributed by atoms with Crippen molar-refractivity contribution in [2.45, 2.75) is 114 Å². The zero-order valence-corrected chi connectivity index (χ0v) is 17.7. The Kier molecular flexibility index (Phi) is 5.55. The zero-order valence-electron chi connectivity index (χ0n) is 17.7. The highest BCUT2D eigenvalue weighted by molar-refractivity contribution is 5.66. The Morgan fingerprint density at radius 1 is 0.966 bits per heavy atom. The number of fused-ring (bicyclic) bond motifs is 3. The van der Waals surface area contributed by atoms with Gasteiger partial charge in [0.1, 0.15) is 24.4 Å². The minimum Gasteiger partial charge on any atom is -0.460 e. The minimum absolute atomic E-state index is 0.0760. The van der Waals surface area contributed by atoms with Gasteiger partial charge in [-0.05, 0) is 59.3 Å². The highest BCUT2D eigenvalue weighted by Gasteiger charge is 2.51. The molecule has 0 bridgehead atoms. The van der Waals surface area contributed by atoms with Crippen LogP contribution in [0, 0.1) is 0 Å². The summed E-state index contributed by atoms with van der Waals surface area (Å²) in [5.74, 6) is -0.292. The Morgan fingerprint density at radius 3 is 2.38 bits per heavy atom. The first-order valence-electron chi connectivity index (χ1n) is 10.7. The van der Waals surface area contributed by atoms with E-state index in [4.69, 9.17) is 28.4 Å². The lowest BCUT2D eigenvalue weighted by atomic mass is 9.92. The fourth-order valence-corrected chi connectivity index (χ4v) is 5.07. The highest BCUT2D eigenvalue weighted by Crippen LogP contribution is 2.41. The normalized spacial score (nSPS) is 44.3. The molecule has 0 unspecified atom stereocenters. The van der Waals surface area contributed by atoms with Crippen LogP contribution in [0.5, 0.6) is 0 Å². The molecule has 0 saturated carbocycles. The van der Waals surface area contributed by atoms with Crippen LogP contribution in [0.2, 0.25) is 0 Å². The quantitative estimate of drug-likeness (QED) is 0.608. The zero-order chi connectivity index (χ0) is 20.8. The fourth-order valence-electron chi connectivity index (χ4n) is 5.07. The highest BCUT2D eigenvalue weighted by atomic mass is 16.8. The molecule has 8 nitrogen and oxygen atoms in total. The summed E-state index contributed by atoms with van der Waals surface area (Å²) in [6.07, 6.45) is 2.87. The molecule has 4 rings (SSSR count). The van der Waals surface area contributed by atoms with Crippen molar-refractivity contribution in [2.24, 2.45) is 0 Å². The summed E-state index contributed by atoms with van der Waals surface area (Å²) in [5, 5.41) is 0. The molecule has 4 saturated heterocycles. The van der Waals surface area contributed by atoms with E-state index in [1.807, 2.05) is 20.8 Å². The van der Waals surface area contributed by atoms with Gasteiger partial charge in [0.05, 0.1) is 30.0 Å². The summed E-state index contributed by atoms with van der Waals surface area (Å²) < 4.78 is 35.4. The van der Waals surface area contributed by atoms with Crippen LogP contribution in [-0.4, -0.2) is 66.6 Å². The van der Waals surface area contributed by atoms with Crippen molar-refractivity contribution >= 4 is 12.1 Å². The molecule has 0 spiro atoms. The van der Waals surface area contributed by atoms with Gasteiger partial charge in [-0.25, -0.2) is 4.79 Å². The summed E-state index contributed by atoms with van der Waals surface area (Å²) in [6.45, 7) is 7.49. The molecule has 0 aromatic carbocycles. The van der Waals surface area contributed by atoms with Crippen LogP contribution < -0.4 is 0 Å². The van der Waals surface area contributed by atoms with Crippen LogP contribution >= 0.6 is 0 Å². The van der Waals surface area contributed by atoms with E-state index >= 15 is 0 Å². The Balaban J connectivity index is 1.48. The molecule has 7 atom stereocenters. The summed E-state index contributed by atoms with van der Waals surface area (Å²) in [6, 6.07) is 0. The predicted molar refractivity (Wildman–Crippen MR) is 100 cm³/mol. The van der Waals surface area contributed by atoms with Crippen molar-refractivity contribution in [2.75, 3.05) is 6.61 Å². The standard InChI is InChI=1S/C21H32O8/c1-12(22)25-17-8-7-14-16(28-20(17,2)3)6-5-13-15(26-14)9-10-21(4)18(27-13)11-24-19(23)29-21/h13-18H,5-11H2,1-4H3/t13-,14-,15+,16+,17+,18+,21-/m0/s1. The van der Waals surface area contributed by atoms with Gasteiger partial charge < -0.3 is 28.4 Å². The lowest BCUT2D eigenvalue weighted by Gasteiger charge is -2.39. The number of rotatable bonds is 1. The van der Waals surface area contributed by atoms with Crippen LogP contribution in [0.15, 0.2) is 0 Å². The Hall–Kier alpha value is -1.38. The van der Waals surface area contributed by atoms with Crippen LogP contribution in [0.1, 0.15) is 66.2 Å². The second-order valence-electron chi connectivity index (χ2n) is 9.40. The molecule has 0 N–H and O–H groups in total. The van der Waals surface area contributed by atoms with E-state index in [9.17, 15) is 9.59 Å². The molecule has 8 heteroatoms. The molecule has 4 heterocycles. The maximum absolute atomic E-state index is 11.6. The predicted octanol–water partition coefficient (Wildman–Crippen LogP) is 2.90. The van der Waals surface area contributed by atoms with E-state index < -0.39 is 17.4 Å². The smallest absolute Gasteiger partial charge is 0.460 e. The van der Waals surface area contributed by atoms with Gasteiger partial charge in [0.15, 0.2) is 0 Å².